The molecule has 0 aromatic carbocycles. The van der Waals surface area contributed by atoms with Crippen molar-refractivity contribution in [3.05, 3.63) is 23.5 Å². The minimum atomic E-state index is -4.66. The minimum Gasteiger partial charge on any atom is -0.377 e. The number of imidazole rings is 1. The maximum atomic E-state index is 13.4. The van der Waals surface area contributed by atoms with Crippen molar-refractivity contribution in [2.45, 2.75) is 36.4 Å². The van der Waals surface area contributed by atoms with E-state index in [-0.39, 0.29) is 40.8 Å². The van der Waals surface area contributed by atoms with Gasteiger partial charge in [0.15, 0.2) is 10.8 Å². The molecule has 2 aliphatic heterocycles. The number of piperazine rings is 1. The minimum absolute atomic E-state index is 0.0482. The van der Waals surface area contributed by atoms with E-state index < -0.39 is 26.7 Å². The third-order valence-electron chi connectivity index (χ3n) is 6.84. The maximum absolute atomic E-state index is 13.4. The van der Waals surface area contributed by atoms with E-state index in [1.54, 1.807) is 6.92 Å². The molecule has 3 aromatic heterocycles. The Morgan fingerprint density at radius 2 is 1.89 bits per heavy atom. The monoisotopic (exact) mass is 571 g/mol. The van der Waals surface area contributed by atoms with Gasteiger partial charge in [0.2, 0.25) is 20.9 Å². The van der Waals surface area contributed by atoms with Crippen molar-refractivity contribution in [1.29, 1.82) is 0 Å². The van der Waals surface area contributed by atoms with E-state index in [1.807, 2.05) is 9.80 Å². The first-order valence-corrected chi connectivity index (χ1v) is 14.3. The summed E-state index contributed by atoms with van der Waals surface area (Å²) in [6, 6.07) is 1.53. The zero-order chi connectivity index (χ0) is 26.9. The number of aromatic nitrogens is 4. The van der Waals surface area contributed by atoms with E-state index in [9.17, 15) is 26.4 Å². The Balaban J connectivity index is 1.40. The lowest BCUT2D eigenvalue weighted by atomic mass is 10.0. The molecule has 0 unspecified atom stereocenters. The first kappa shape index (κ1) is 25.5. The number of carbonyl (C=O) groups excluding carboxylic acids is 1. The highest BCUT2D eigenvalue weighted by Crippen LogP contribution is 2.37. The number of amides is 1. The van der Waals surface area contributed by atoms with Gasteiger partial charge in [-0.05, 0) is 25.8 Å². The lowest BCUT2D eigenvalue weighted by Gasteiger charge is -2.38. The van der Waals surface area contributed by atoms with E-state index in [2.05, 4.69) is 19.9 Å². The number of carbonyl (C=O) groups is 1. The van der Waals surface area contributed by atoms with Crippen LogP contribution in [0.2, 0.25) is 0 Å². The van der Waals surface area contributed by atoms with E-state index >= 15 is 0 Å². The SMILES string of the molecule is CC1(NS(=O)(=O)c2cc(N3CCN(C(=O)C4CC4)CC3)c3cnc(-c4nnc(C(F)(F)F)s4)n3c2)COC1. The molecule has 0 radical (unpaired) electrons. The van der Waals surface area contributed by atoms with Crippen LogP contribution in [0.25, 0.3) is 16.3 Å². The van der Waals surface area contributed by atoms with Gasteiger partial charge in [0.1, 0.15) is 4.90 Å². The summed E-state index contributed by atoms with van der Waals surface area (Å²) in [5.41, 5.74) is 0.282. The van der Waals surface area contributed by atoms with Crippen LogP contribution in [0.4, 0.5) is 18.9 Å². The van der Waals surface area contributed by atoms with Gasteiger partial charge in [-0.2, -0.15) is 13.2 Å². The molecule has 38 heavy (non-hydrogen) atoms. The Hall–Kier alpha value is -2.82. The molecule has 1 amide bonds. The van der Waals surface area contributed by atoms with E-state index in [0.29, 0.717) is 48.7 Å². The predicted octanol–water partition coefficient (Wildman–Crippen LogP) is 2.00. The van der Waals surface area contributed by atoms with Crippen molar-refractivity contribution in [3.63, 3.8) is 0 Å². The summed E-state index contributed by atoms with van der Waals surface area (Å²) in [4.78, 5) is 20.5. The number of alkyl halides is 3. The van der Waals surface area contributed by atoms with Gasteiger partial charge in [0, 0.05) is 38.3 Å². The summed E-state index contributed by atoms with van der Waals surface area (Å²) < 4.78 is 75.6. The van der Waals surface area contributed by atoms with Crippen LogP contribution in [0, 0.1) is 5.92 Å². The summed E-state index contributed by atoms with van der Waals surface area (Å²) in [5.74, 6) is 0.303. The number of hydrogen-bond donors (Lipinski definition) is 1. The first-order valence-electron chi connectivity index (χ1n) is 12.0. The molecule has 1 N–H and O–H groups in total. The topological polar surface area (TPSA) is 122 Å². The summed E-state index contributed by atoms with van der Waals surface area (Å²) in [6.07, 6.45) is -0.0299. The number of pyridine rings is 1. The molecule has 3 aromatic rings. The predicted molar refractivity (Wildman–Crippen MR) is 130 cm³/mol. The molecule has 1 aliphatic carbocycles. The van der Waals surface area contributed by atoms with Crippen molar-refractivity contribution >= 4 is 38.5 Å². The van der Waals surface area contributed by atoms with Crippen molar-refractivity contribution in [3.8, 4) is 10.8 Å². The number of anilines is 1. The Morgan fingerprint density at radius 3 is 2.47 bits per heavy atom. The van der Waals surface area contributed by atoms with Crippen molar-refractivity contribution in [1.82, 2.24) is 29.2 Å². The largest absolute Gasteiger partial charge is 0.445 e. The Labute approximate surface area is 219 Å². The molecule has 0 bridgehead atoms. The maximum Gasteiger partial charge on any atom is 0.445 e. The van der Waals surface area contributed by atoms with Gasteiger partial charge in [-0.3, -0.25) is 9.20 Å². The number of rotatable bonds is 6. The highest BCUT2D eigenvalue weighted by atomic mass is 32.2. The number of halogens is 3. The lowest BCUT2D eigenvalue weighted by molar-refractivity contribution is -0.138. The average Bonchev–Trinajstić information content (AvgIpc) is 3.41. The molecule has 1 saturated carbocycles. The quantitative estimate of drug-likeness (QED) is 0.477. The van der Waals surface area contributed by atoms with Crippen LogP contribution in [-0.2, 0) is 25.7 Å². The summed E-state index contributed by atoms with van der Waals surface area (Å²) in [7, 11) is -4.04. The van der Waals surface area contributed by atoms with Crippen molar-refractivity contribution < 1.29 is 31.1 Å². The van der Waals surface area contributed by atoms with Crippen LogP contribution < -0.4 is 9.62 Å². The second-order valence-corrected chi connectivity index (χ2v) is 12.7. The normalized spacial score (nSPS) is 20.1. The Morgan fingerprint density at radius 1 is 1.18 bits per heavy atom. The highest BCUT2D eigenvalue weighted by Gasteiger charge is 2.39. The first-order chi connectivity index (χ1) is 17.9. The van der Waals surface area contributed by atoms with E-state index in [1.165, 1.54) is 22.9 Å². The molecular formula is C22H24F3N7O4S2. The zero-order valence-electron chi connectivity index (χ0n) is 20.2. The number of sulfonamides is 1. The number of fused-ring (bicyclic) bond motifs is 1. The molecule has 3 fully saturated rings. The molecule has 5 heterocycles. The van der Waals surface area contributed by atoms with E-state index in [0.717, 1.165) is 12.8 Å². The van der Waals surface area contributed by atoms with Crippen LogP contribution in [0.15, 0.2) is 23.4 Å². The highest BCUT2D eigenvalue weighted by molar-refractivity contribution is 7.89. The van der Waals surface area contributed by atoms with Gasteiger partial charge in [-0.25, -0.2) is 18.1 Å². The smallest absolute Gasteiger partial charge is 0.377 e. The Bertz CT molecular complexity index is 1500. The number of nitrogens with zero attached hydrogens (tertiary/aromatic N) is 6. The third-order valence-corrected chi connectivity index (χ3v) is 9.41. The Kier molecular flexibility index (Phi) is 5.93. The van der Waals surface area contributed by atoms with Crippen molar-refractivity contribution in [2.75, 3.05) is 44.3 Å². The summed E-state index contributed by atoms with van der Waals surface area (Å²) in [5, 5.41) is 5.70. The lowest BCUT2D eigenvalue weighted by Crippen LogP contribution is -2.59. The fourth-order valence-electron chi connectivity index (χ4n) is 4.65. The van der Waals surface area contributed by atoms with Gasteiger partial charge in [0.25, 0.3) is 0 Å². The van der Waals surface area contributed by atoms with Crippen LogP contribution in [0.1, 0.15) is 24.8 Å². The molecule has 0 atom stereocenters. The number of nitrogens with one attached hydrogen (secondary N) is 1. The van der Waals surface area contributed by atoms with Crippen LogP contribution in [0.5, 0.6) is 0 Å². The summed E-state index contributed by atoms with van der Waals surface area (Å²) >= 11 is 0.332. The fourth-order valence-corrected chi connectivity index (χ4v) is 6.75. The molecule has 204 valence electrons. The van der Waals surface area contributed by atoms with Gasteiger partial charge in [0.05, 0.1) is 36.2 Å². The summed E-state index contributed by atoms with van der Waals surface area (Å²) in [6.45, 7) is 4.07. The van der Waals surface area contributed by atoms with Gasteiger partial charge in [-0.15, -0.1) is 10.2 Å². The molecule has 3 aliphatic rings. The zero-order valence-corrected chi connectivity index (χ0v) is 21.9. The molecular weight excluding hydrogens is 547 g/mol. The standard InChI is InChI=1S/C22H24F3N7O4S2/c1-21(11-36-12-21)29-38(34,35)14-8-15(30-4-6-31(7-5-30)19(33)13-2-3-13)16-9-26-17(32(16)10-14)18-27-28-20(37-18)22(23,24)25/h8-10,13,29H,2-7,11-12H2,1H3. The second-order valence-electron chi connectivity index (χ2n) is 10.1. The third kappa shape index (κ3) is 4.63. The molecule has 0 spiro atoms. The van der Waals surface area contributed by atoms with Crippen molar-refractivity contribution in [2.24, 2.45) is 5.92 Å². The van der Waals surface area contributed by atoms with Crippen LogP contribution >= 0.6 is 11.3 Å². The van der Waals surface area contributed by atoms with Crippen LogP contribution in [0.3, 0.4) is 0 Å². The number of ether oxygens (including phenoxy) is 1. The molecule has 2 saturated heterocycles. The van der Waals surface area contributed by atoms with Gasteiger partial charge >= 0.3 is 6.18 Å². The molecule has 16 heteroatoms. The number of hydrogen-bond acceptors (Lipinski definition) is 9. The van der Waals surface area contributed by atoms with E-state index in [4.69, 9.17) is 4.74 Å². The van der Waals surface area contributed by atoms with Gasteiger partial charge in [-0.1, -0.05) is 11.3 Å². The average molecular weight is 572 g/mol. The van der Waals surface area contributed by atoms with Crippen LogP contribution in [-0.4, -0.2) is 83.7 Å². The fraction of sp³-hybridized carbons (Fsp3) is 0.545. The molecule has 11 nitrogen and oxygen atoms in total. The van der Waals surface area contributed by atoms with Gasteiger partial charge < -0.3 is 14.5 Å². The molecule has 6 rings (SSSR count). The second kappa shape index (κ2) is 8.86.